The van der Waals surface area contributed by atoms with Crippen LogP contribution in [0.15, 0.2) is 18.2 Å². The van der Waals surface area contributed by atoms with Crippen molar-refractivity contribution in [3.05, 3.63) is 23.2 Å². The largest absolute Gasteiger partial charge is 0.489 e. The fourth-order valence-corrected chi connectivity index (χ4v) is 2.73. The number of hydrogen-bond donors (Lipinski definition) is 1. The second-order valence-corrected chi connectivity index (χ2v) is 5.74. The molecule has 0 atom stereocenters. The summed E-state index contributed by atoms with van der Waals surface area (Å²) >= 11 is 6.02. The molecule has 1 N–H and O–H groups in total. The van der Waals surface area contributed by atoms with Gasteiger partial charge in [-0.25, -0.2) is 0 Å². The Balaban J connectivity index is 2.02. The summed E-state index contributed by atoms with van der Waals surface area (Å²) in [5.74, 6) is 0.790. The summed E-state index contributed by atoms with van der Waals surface area (Å²) in [6, 6.07) is 5.25. The molecule has 0 aromatic heterocycles. The van der Waals surface area contributed by atoms with Crippen LogP contribution in [-0.2, 0) is 9.53 Å². The molecule has 116 valence electrons. The van der Waals surface area contributed by atoms with E-state index in [9.17, 15) is 4.79 Å². The van der Waals surface area contributed by atoms with Crippen LogP contribution in [0.3, 0.4) is 0 Å². The second-order valence-electron chi connectivity index (χ2n) is 5.31. The quantitative estimate of drug-likeness (QED) is 0.811. The Kier molecular flexibility index (Phi) is 6.33. The highest BCUT2D eigenvalue weighted by molar-refractivity contribution is 6.31. The van der Waals surface area contributed by atoms with Gasteiger partial charge in [-0.2, -0.15) is 0 Å². The maximum absolute atomic E-state index is 12.3. The van der Waals surface area contributed by atoms with Gasteiger partial charge in [0.1, 0.15) is 12.4 Å². The number of benzene rings is 1. The van der Waals surface area contributed by atoms with Crippen molar-refractivity contribution in [2.24, 2.45) is 5.92 Å². The van der Waals surface area contributed by atoms with E-state index in [-0.39, 0.29) is 11.8 Å². The van der Waals surface area contributed by atoms with Gasteiger partial charge < -0.3 is 14.8 Å². The topological polar surface area (TPSA) is 47.6 Å². The Bertz CT molecular complexity index is 473. The number of carbonyl (C=O) groups is 1. The molecule has 0 heterocycles. The smallest absolute Gasteiger partial charge is 0.227 e. The predicted octanol–water partition coefficient (Wildman–Crippen LogP) is 3.88. The van der Waals surface area contributed by atoms with Gasteiger partial charge in [0.25, 0.3) is 0 Å². The zero-order valence-corrected chi connectivity index (χ0v) is 13.1. The number of rotatable bonds is 6. The fourth-order valence-electron chi connectivity index (χ4n) is 2.56. The van der Waals surface area contributed by atoms with Crippen molar-refractivity contribution < 1.29 is 14.3 Å². The minimum absolute atomic E-state index is 0.0635. The first-order chi connectivity index (χ1) is 10.2. The number of ether oxygens (including phenoxy) is 2. The summed E-state index contributed by atoms with van der Waals surface area (Å²) in [5.41, 5.74) is 0.633. The average molecular weight is 312 g/mol. The molecule has 5 heteroatoms. The third-order valence-corrected chi connectivity index (χ3v) is 3.96. The summed E-state index contributed by atoms with van der Waals surface area (Å²) in [4.78, 5) is 12.3. The Labute approximate surface area is 130 Å². The SMILES string of the molecule is COCCOc1ccc(Cl)cc1NC(=O)C1CCCCC1. The minimum Gasteiger partial charge on any atom is -0.489 e. The lowest BCUT2D eigenvalue weighted by atomic mass is 9.88. The van der Waals surface area contributed by atoms with Crippen LogP contribution < -0.4 is 10.1 Å². The highest BCUT2D eigenvalue weighted by Gasteiger charge is 2.22. The first kappa shape index (κ1) is 16.1. The Hall–Kier alpha value is -1.26. The van der Waals surface area contributed by atoms with E-state index in [4.69, 9.17) is 21.1 Å². The van der Waals surface area contributed by atoms with Gasteiger partial charge in [0.05, 0.1) is 12.3 Å². The summed E-state index contributed by atoms with van der Waals surface area (Å²) < 4.78 is 10.6. The molecule has 1 aromatic rings. The van der Waals surface area contributed by atoms with Crippen molar-refractivity contribution in [1.82, 2.24) is 0 Å². The van der Waals surface area contributed by atoms with Gasteiger partial charge in [0.2, 0.25) is 5.91 Å². The number of halogens is 1. The second kappa shape index (κ2) is 8.25. The molecule has 1 fully saturated rings. The number of carbonyl (C=O) groups excluding carboxylic acids is 1. The van der Waals surface area contributed by atoms with Crippen molar-refractivity contribution in [2.45, 2.75) is 32.1 Å². The maximum Gasteiger partial charge on any atom is 0.227 e. The first-order valence-electron chi connectivity index (χ1n) is 7.43. The van der Waals surface area contributed by atoms with Gasteiger partial charge in [-0.15, -0.1) is 0 Å². The molecular formula is C16H22ClNO3. The number of anilines is 1. The molecule has 2 rings (SSSR count). The molecule has 0 unspecified atom stereocenters. The lowest BCUT2D eigenvalue weighted by Crippen LogP contribution is -2.25. The van der Waals surface area contributed by atoms with E-state index in [1.807, 2.05) is 0 Å². The summed E-state index contributed by atoms with van der Waals surface area (Å²) in [6.07, 6.45) is 5.42. The van der Waals surface area contributed by atoms with Crippen molar-refractivity contribution in [3.63, 3.8) is 0 Å². The number of amides is 1. The number of hydrogen-bond acceptors (Lipinski definition) is 3. The molecule has 0 spiro atoms. The standard InChI is InChI=1S/C16H22ClNO3/c1-20-9-10-21-15-8-7-13(17)11-14(15)18-16(19)12-5-3-2-4-6-12/h7-8,11-12H,2-6,9-10H2,1H3,(H,18,19). The van der Waals surface area contributed by atoms with Gasteiger partial charge >= 0.3 is 0 Å². The number of nitrogens with one attached hydrogen (secondary N) is 1. The molecule has 0 saturated heterocycles. The highest BCUT2D eigenvalue weighted by atomic mass is 35.5. The lowest BCUT2D eigenvalue weighted by Gasteiger charge is -2.21. The molecule has 21 heavy (non-hydrogen) atoms. The highest BCUT2D eigenvalue weighted by Crippen LogP contribution is 2.30. The van der Waals surface area contributed by atoms with Crippen LogP contribution in [0.2, 0.25) is 5.02 Å². The van der Waals surface area contributed by atoms with Gasteiger partial charge in [-0.05, 0) is 31.0 Å². The van der Waals surface area contributed by atoms with Gasteiger partial charge in [0, 0.05) is 18.1 Å². The maximum atomic E-state index is 12.3. The van der Waals surface area contributed by atoms with E-state index in [1.54, 1.807) is 25.3 Å². The van der Waals surface area contributed by atoms with Gasteiger partial charge in [-0.1, -0.05) is 30.9 Å². The molecule has 1 aliphatic carbocycles. The average Bonchev–Trinajstić information content (AvgIpc) is 2.50. The van der Waals surface area contributed by atoms with Crippen molar-refractivity contribution >= 4 is 23.2 Å². The molecule has 0 radical (unpaired) electrons. The van der Waals surface area contributed by atoms with E-state index in [2.05, 4.69) is 5.32 Å². The fraction of sp³-hybridized carbons (Fsp3) is 0.562. The van der Waals surface area contributed by atoms with E-state index < -0.39 is 0 Å². The molecular weight excluding hydrogens is 290 g/mol. The molecule has 0 bridgehead atoms. The van der Waals surface area contributed by atoms with Crippen LogP contribution >= 0.6 is 11.6 Å². The Morgan fingerprint density at radius 1 is 1.29 bits per heavy atom. The first-order valence-corrected chi connectivity index (χ1v) is 7.80. The van der Waals surface area contributed by atoms with Crippen LogP contribution in [0, 0.1) is 5.92 Å². The van der Waals surface area contributed by atoms with E-state index in [1.165, 1.54) is 6.42 Å². The molecule has 1 amide bonds. The van der Waals surface area contributed by atoms with Gasteiger partial charge in [0.15, 0.2) is 0 Å². The lowest BCUT2D eigenvalue weighted by molar-refractivity contribution is -0.120. The molecule has 0 aliphatic heterocycles. The monoisotopic (exact) mass is 311 g/mol. The van der Waals surface area contributed by atoms with Crippen molar-refractivity contribution in [2.75, 3.05) is 25.6 Å². The molecule has 1 aliphatic rings. The predicted molar refractivity (Wildman–Crippen MR) is 84.0 cm³/mol. The normalized spacial score (nSPS) is 15.7. The van der Waals surface area contributed by atoms with Crippen LogP contribution in [0.5, 0.6) is 5.75 Å². The summed E-state index contributed by atoms with van der Waals surface area (Å²) in [5, 5.41) is 3.54. The zero-order valence-electron chi connectivity index (χ0n) is 12.4. The number of methoxy groups -OCH3 is 1. The van der Waals surface area contributed by atoms with E-state index >= 15 is 0 Å². The molecule has 1 saturated carbocycles. The van der Waals surface area contributed by atoms with E-state index in [0.29, 0.717) is 29.7 Å². The summed E-state index contributed by atoms with van der Waals surface area (Å²) in [6.45, 7) is 0.934. The zero-order chi connectivity index (χ0) is 15.1. The molecule has 1 aromatic carbocycles. The van der Waals surface area contributed by atoms with Crippen molar-refractivity contribution in [1.29, 1.82) is 0 Å². The third kappa shape index (κ3) is 4.90. The Morgan fingerprint density at radius 2 is 2.05 bits per heavy atom. The van der Waals surface area contributed by atoms with Crippen LogP contribution in [-0.4, -0.2) is 26.2 Å². The van der Waals surface area contributed by atoms with Crippen molar-refractivity contribution in [3.8, 4) is 5.75 Å². The summed E-state index contributed by atoms with van der Waals surface area (Å²) in [7, 11) is 1.62. The Morgan fingerprint density at radius 3 is 2.76 bits per heavy atom. The van der Waals surface area contributed by atoms with E-state index in [0.717, 1.165) is 25.7 Å². The van der Waals surface area contributed by atoms with Gasteiger partial charge in [-0.3, -0.25) is 4.79 Å². The molecule has 4 nitrogen and oxygen atoms in total. The van der Waals surface area contributed by atoms with Crippen LogP contribution in [0.25, 0.3) is 0 Å². The van der Waals surface area contributed by atoms with Crippen LogP contribution in [0.1, 0.15) is 32.1 Å². The van der Waals surface area contributed by atoms with Crippen LogP contribution in [0.4, 0.5) is 5.69 Å². The third-order valence-electron chi connectivity index (χ3n) is 3.72. The minimum atomic E-state index is 0.0635.